The number of ketones is 1. The van der Waals surface area contributed by atoms with E-state index in [1.54, 1.807) is 55.6 Å². The van der Waals surface area contributed by atoms with Gasteiger partial charge in [0.05, 0.1) is 19.3 Å². The first kappa shape index (κ1) is 18.4. The molecule has 3 rings (SSSR count). The van der Waals surface area contributed by atoms with Crippen molar-refractivity contribution >= 4 is 11.8 Å². The van der Waals surface area contributed by atoms with Crippen molar-refractivity contribution in [3.8, 4) is 5.75 Å². The number of benzene rings is 3. The van der Waals surface area contributed by atoms with Crippen molar-refractivity contribution in [1.82, 2.24) is 0 Å². The van der Waals surface area contributed by atoms with Crippen LogP contribution in [0.2, 0.25) is 0 Å². The summed E-state index contributed by atoms with van der Waals surface area (Å²) in [6.45, 7) is 0.235. The van der Waals surface area contributed by atoms with Crippen LogP contribution >= 0.6 is 0 Å². The van der Waals surface area contributed by atoms with Crippen LogP contribution in [-0.4, -0.2) is 25.5 Å². The van der Waals surface area contributed by atoms with Crippen molar-refractivity contribution in [1.29, 1.82) is 0 Å². The SMILES string of the molecule is COc1ccc(CCOC(=O)c2ccccc2C(=O)c2ccccc2)cc1. The van der Waals surface area contributed by atoms with Gasteiger partial charge in [-0.05, 0) is 23.8 Å². The van der Waals surface area contributed by atoms with Crippen molar-refractivity contribution in [3.05, 3.63) is 101 Å². The largest absolute Gasteiger partial charge is 0.497 e. The maximum atomic E-state index is 12.7. The number of carbonyl (C=O) groups excluding carboxylic acids is 2. The number of methoxy groups -OCH3 is 1. The highest BCUT2D eigenvalue weighted by atomic mass is 16.5. The van der Waals surface area contributed by atoms with Crippen LogP contribution in [0.4, 0.5) is 0 Å². The average Bonchev–Trinajstić information content (AvgIpc) is 2.74. The second kappa shape index (κ2) is 8.81. The molecule has 4 heteroatoms. The van der Waals surface area contributed by atoms with Crippen LogP contribution in [0, 0.1) is 0 Å². The first-order valence-electron chi connectivity index (χ1n) is 8.68. The number of rotatable bonds is 7. The summed E-state index contributed by atoms with van der Waals surface area (Å²) >= 11 is 0. The van der Waals surface area contributed by atoms with E-state index in [-0.39, 0.29) is 18.0 Å². The van der Waals surface area contributed by atoms with Gasteiger partial charge in [-0.2, -0.15) is 0 Å². The van der Waals surface area contributed by atoms with Gasteiger partial charge in [0.2, 0.25) is 0 Å². The van der Waals surface area contributed by atoms with Crippen LogP contribution in [0.25, 0.3) is 0 Å². The first-order chi connectivity index (χ1) is 13.2. The minimum absolute atomic E-state index is 0.196. The Morgan fingerprint density at radius 1 is 0.778 bits per heavy atom. The van der Waals surface area contributed by atoms with Gasteiger partial charge in [-0.15, -0.1) is 0 Å². The zero-order chi connectivity index (χ0) is 19.1. The quantitative estimate of drug-likeness (QED) is 0.465. The molecule has 0 aliphatic carbocycles. The van der Waals surface area contributed by atoms with Crippen molar-refractivity contribution < 1.29 is 19.1 Å². The summed E-state index contributed by atoms with van der Waals surface area (Å²) in [5.74, 6) is 0.0887. The Bertz CT molecular complexity index is 915. The minimum atomic E-state index is -0.497. The number of hydrogen-bond donors (Lipinski definition) is 0. The topological polar surface area (TPSA) is 52.6 Å². The monoisotopic (exact) mass is 360 g/mol. The predicted molar refractivity (Wildman–Crippen MR) is 103 cm³/mol. The summed E-state index contributed by atoms with van der Waals surface area (Å²) in [6.07, 6.45) is 0.588. The lowest BCUT2D eigenvalue weighted by molar-refractivity contribution is 0.0506. The van der Waals surface area contributed by atoms with Crippen LogP contribution in [0.3, 0.4) is 0 Å². The standard InChI is InChI=1S/C23H20O4/c1-26-19-13-11-17(12-14-19)15-16-27-23(25)21-10-6-5-9-20(21)22(24)18-7-3-2-4-8-18/h2-14H,15-16H2,1H3. The molecule has 4 nitrogen and oxygen atoms in total. The summed E-state index contributed by atoms with van der Waals surface area (Å²) in [6, 6.07) is 23.2. The van der Waals surface area contributed by atoms with Crippen LogP contribution in [0.5, 0.6) is 5.75 Å². The second-order valence-corrected chi connectivity index (χ2v) is 5.97. The molecule has 0 spiro atoms. The van der Waals surface area contributed by atoms with Gasteiger partial charge in [-0.1, -0.05) is 60.7 Å². The normalized spacial score (nSPS) is 10.3. The summed E-state index contributed by atoms with van der Waals surface area (Å²) in [4.78, 5) is 25.2. The molecule has 27 heavy (non-hydrogen) atoms. The Morgan fingerprint density at radius 3 is 2.07 bits per heavy atom. The molecule has 0 aliphatic rings. The minimum Gasteiger partial charge on any atom is -0.497 e. The molecule has 0 heterocycles. The van der Waals surface area contributed by atoms with Gasteiger partial charge in [0, 0.05) is 17.5 Å². The van der Waals surface area contributed by atoms with Crippen molar-refractivity contribution in [2.24, 2.45) is 0 Å². The molecule has 0 saturated heterocycles. The smallest absolute Gasteiger partial charge is 0.338 e. The van der Waals surface area contributed by atoms with E-state index in [0.29, 0.717) is 17.5 Å². The number of carbonyl (C=O) groups is 2. The molecule has 0 aromatic heterocycles. The molecule has 0 amide bonds. The average molecular weight is 360 g/mol. The van der Waals surface area contributed by atoms with Crippen LogP contribution in [0.1, 0.15) is 31.8 Å². The summed E-state index contributed by atoms with van der Waals surface area (Å²) in [5, 5.41) is 0. The molecule has 136 valence electrons. The Balaban J connectivity index is 1.67. The van der Waals surface area contributed by atoms with E-state index in [2.05, 4.69) is 0 Å². The molecule has 0 atom stereocenters. The fourth-order valence-electron chi connectivity index (χ4n) is 2.74. The molecule has 0 bridgehead atoms. The highest BCUT2D eigenvalue weighted by molar-refractivity contribution is 6.14. The Labute approximate surface area is 158 Å². The molecular formula is C23H20O4. The van der Waals surface area contributed by atoms with Crippen molar-refractivity contribution in [3.63, 3.8) is 0 Å². The third kappa shape index (κ3) is 4.61. The number of hydrogen-bond acceptors (Lipinski definition) is 4. The lowest BCUT2D eigenvalue weighted by atomic mass is 9.98. The Kier molecular flexibility index (Phi) is 6.00. The Morgan fingerprint density at radius 2 is 1.41 bits per heavy atom. The molecule has 0 aliphatic heterocycles. The molecule has 3 aromatic rings. The molecule has 0 N–H and O–H groups in total. The molecule has 0 unspecified atom stereocenters. The van der Waals surface area contributed by atoms with Crippen LogP contribution in [-0.2, 0) is 11.2 Å². The van der Waals surface area contributed by atoms with Gasteiger partial charge in [-0.25, -0.2) is 4.79 Å². The van der Waals surface area contributed by atoms with Gasteiger partial charge >= 0.3 is 5.97 Å². The molecule has 3 aromatic carbocycles. The van der Waals surface area contributed by atoms with Gasteiger partial charge < -0.3 is 9.47 Å². The number of ether oxygens (including phenoxy) is 2. The highest BCUT2D eigenvalue weighted by Gasteiger charge is 2.18. The molecule has 0 saturated carbocycles. The van der Waals surface area contributed by atoms with Gasteiger partial charge in [0.15, 0.2) is 5.78 Å². The van der Waals surface area contributed by atoms with E-state index in [1.165, 1.54) is 0 Å². The van der Waals surface area contributed by atoms with E-state index in [0.717, 1.165) is 11.3 Å². The van der Waals surface area contributed by atoms with Crippen molar-refractivity contribution in [2.75, 3.05) is 13.7 Å². The molecule has 0 radical (unpaired) electrons. The number of esters is 1. The lowest BCUT2D eigenvalue weighted by Crippen LogP contribution is -2.14. The first-order valence-corrected chi connectivity index (χ1v) is 8.68. The summed E-state index contributed by atoms with van der Waals surface area (Å²) in [7, 11) is 1.62. The van der Waals surface area contributed by atoms with Gasteiger partial charge in [-0.3, -0.25) is 4.79 Å². The van der Waals surface area contributed by atoms with E-state index in [1.807, 2.05) is 30.3 Å². The van der Waals surface area contributed by atoms with E-state index < -0.39 is 5.97 Å². The lowest BCUT2D eigenvalue weighted by Gasteiger charge is -2.09. The van der Waals surface area contributed by atoms with E-state index >= 15 is 0 Å². The maximum Gasteiger partial charge on any atom is 0.338 e. The zero-order valence-electron chi connectivity index (χ0n) is 15.1. The third-order valence-electron chi connectivity index (χ3n) is 4.21. The van der Waals surface area contributed by atoms with Crippen LogP contribution < -0.4 is 4.74 Å². The third-order valence-corrected chi connectivity index (χ3v) is 4.21. The predicted octanol–water partition coefficient (Wildman–Crippen LogP) is 4.33. The maximum absolute atomic E-state index is 12.7. The fraction of sp³-hybridized carbons (Fsp3) is 0.130. The van der Waals surface area contributed by atoms with Crippen LogP contribution in [0.15, 0.2) is 78.9 Å². The fourth-order valence-corrected chi connectivity index (χ4v) is 2.74. The summed E-state index contributed by atoms with van der Waals surface area (Å²) < 4.78 is 10.5. The molecular weight excluding hydrogens is 340 g/mol. The highest BCUT2D eigenvalue weighted by Crippen LogP contribution is 2.16. The zero-order valence-corrected chi connectivity index (χ0v) is 15.1. The second-order valence-electron chi connectivity index (χ2n) is 5.97. The Hall–Kier alpha value is -3.40. The van der Waals surface area contributed by atoms with E-state index in [9.17, 15) is 9.59 Å². The molecule has 0 fully saturated rings. The van der Waals surface area contributed by atoms with E-state index in [4.69, 9.17) is 9.47 Å². The van der Waals surface area contributed by atoms with Gasteiger partial charge in [0.25, 0.3) is 0 Å². The van der Waals surface area contributed by atoms with Crippen molar-refractivity contribution in [2.45, 2.75) is 6.42 Å². The van der Waals surface area contributed by atoms with Gasteiger partial charge in [0.1, 0.15) is 5.75 Å². The summed E-state index contributed by atoms with van der Waals surface area (Å²) in [5.41, 5.74) is 2.20.